The number of carbonyl (C=O) groups is 1. The van der Waals surface area contributed by atoms with Crippen LogP contribution >= 0.6 is 0 Å². The zero-order chi connectivity index (χ0) is 15.8. The second-order valence-corrected chi connectivity index (χ2v) is 6.33. The lowest BCUT2D eigenvalue weighted by atomic mass is 9.86. The van der Waals surface area contributed by atoms with Crippen molar-refractivity contribution in [2.45, 2.75) is 51.5 Å². The highest BCUT2D eigenvalue weighted by molar-refractivity contribution is 5.69. The van der Waals surface area contributed by atoms with Crippen molar-refractivity contribution in [1.29, 1.82) is 0 Å². The van der Waals surface area contributed by atoms with E-state index in [1.54, 1.807) is 0 Å². The summed E-state index contributed by atoms with van der Waals surface area (Å²) in [5, 5.41) is 3.57. The number of aryl methyl sites for hydroxylation is 1. The van der Waals surface area contributed by atoms with Gasteiger partial charge >= 0.3 is 5.97 Å². The van der Waals surface area contributed by atoms with Gasteiger partial charge in [-0.1, -0.05) is 12.1 Å². The van der Waals surface area contributed by atoms with Gasteiger partial charge in [-0.05, 0) is 75.2 Å². The minimum Gasteiger partial charge on any atom is -0.427 e. The third kappa shape index (κ3) is 6.16. The normalized spacial score (nSPS) is 21.5. The zero-order valence-electron chi connectivity index (χ0n) is 13.5. The molecule has 4 nitrogen and oxygen atoms in total. The fraction of sp³-hybridized carbons (Fsp3) is 0.611. The molecule has 1 aliphatic rings. The van der Waals surface area contributed by atoms with E-state index in [0.717, 1.165) is 31.8 Å². The third-order valence-electron chi connectivity index (χ3n) is 4.33. The molecule has 1 aliphatic carbocycles. The molecule has 0 heterocycles. The van der Waals surface area contributed by atoms with Gasteiger partial charge in [-0.25, -0.2) is 0 Å². The number of hydrogen-bond donors (Lipinski definition) is 2. The number of ether oxygens (including phenoxy) is 1. The number of carbonyl (C=O) groups excluding carboxylic acids is 1. The molecule has 0 radical (unpaired) electrons. The average Bonchev–Trinajstić information content (AvgIpc) is 2.50. The number of rotatable bonds is 7. The summed E-state index contributed by atoms with van der Waals surface area (Å²) in [6, 6.07) is 8.21. The van der Waals surface area contributed by atoms with E-state index in [-0.39, 0.29) is 5.97 Å². The van der Waals surface area contributed by atoms with E-state index < -0.39 is 0 Å². The first kappa shape index (κ1) is 17.0. The number of hydrogen-bond acceptors (Lipinski definition) is 4. The van der Waals surface area contributed by atoms with Crippen molar-refractivity contribution in [2.24, 2.45) is 11.7 Å². The average molecular weight is 304 g/mol. The van der Waals surface area contributed by atoms with Crippen LogP contribution in [0.3, 0.4) is 0 Å². The van der Waals surface area contributed by atoms with Crippen LogP contribution in [0.25, 0.3) is 0 Å². The Balaban J connectivity index is 1.57. The quantitative estimate of drug-likeness (QED) is 0.462. The molecule has 0 aliphatic heterocycles. The van der Waals surface area contributed by atoms with Gasteiger partial charge in [-0.3, -0.25) is 4.79 Å². The van der Waals surface area contributed by atoms with Crippen LogP contribution in [0.4, 0.5) is 0 Å². The molecule has 0 atom stereocenters. The molecule has 1 saturated carbocycles. The van der Waals surface area contributed by atoms with Gasteiger partial charge in [0.1, 0.15) is 5.75 Å². The number of benzene rings is 1. The first-order valence-electron chi connectivity index (χ1n) is 8.37. The Kier molecular flexibility index (Phi) is 6.87. The van der Waals surface area contributed by atoms with Gasteiger partial charge in [0.2, 0.25) is 0 Å². The summed E-state index contributed by atoms with van der Waals surface area (Å²) in [5.74, 6) is 1.15. The Morgan fingerprint density at radius 1 is 1.23 bits per heavy atom. The van der Waals surface area contributed by atoms with Crippen molar-refractivity contribution in [1.82, 2.24) is 5.32 Å². The van der Waals surface area contributed by atoms with Gasteiger partial charge in [-0.2, -0.15) is 0 Å². The number of nitrogens with two attached hydrogens (primary N) is 1. The molecule has 0 saturated heterocycles. The summed E-state index contributed by atoms with van der Waals surface area (Å²) in [4.78, 5) is 10.9. The smallest absolute Gasteiger partial charge is 0.308 e. The van der Waals surface area contributed by atoms with Crippen LogP contribution in [0.1, 0.15) is 44.6 Å². The van der Waals surface area contributed by atoms with Gasteiger partial charge in [0.25, 0.3) is 0 Å². The van der Waals surface area contributed by atoms with Crippen LogP contribution in [-0.4, -0.2) is 25.1 Å². The number of esters is 1. The SMILES string of the molecule is CC(=O)Oc1ccc(CCCNCC2CCC(N)CC2)cc1. The van der Waals surface area contributed by atoms with Crippen LogP contribution in [0, 0.1) is 5.92 Å². The molecule has 3 N–H and O–H groups in total. The molecule has 22 heavy (non-hydrogen) atoms. The topological polar surface area (TPSA) is 64.3 Å². The minimum atomic E-state index is -0.277. The van der Waals surface area contributed by atoms with E-state index in [9.17, 15) is 4.79 Å². The standard InChI is InChI=1S/C18H28N2O2/c1-14(21)22-18-10-6-15(7-11-18)3-2-12-20-13-16-4-8-17(19)9-5-16/h6-7,10-11,16-17,20H,2-5,8-9,12-13,19H2,1H3. The van der Waals surface area contributed by atoms with Crippen molar-refractivity contribution in [3.63, 3.8) is 0 Å². The Hall–Kier alpha value is -1.39. The van der Waals surface area contributed by atoms with Gasteiger partial charge < -0.3 is 15.8 Å². The summed E-state index contributed by atoms with van der Waals surface area (Å²) >= 11 is 0. The third-order valence-corrected chi connectivity index (χ3v) is 4.33. The molecule has 1 aromatic rings. The first-order valence-corrected chi connectivity index (χ1v) is 8.37. The number of nitrogens with one attached hydrogen (secondary N) is 1. The summed E-state index contributed by atoms with van der Waals surface area (Å²) in [6.07, 6.45) is 7.07. The lowest BCUT2D eigenvalue weighted by molar-refractivity contribution is -0.131. The van der Waals surface area contributed by atoms with Gasteiger partial charge in [-0.15, -0.1) is 0 Å². The van der Waals surface area contributed by atoms with Crippen molar-refractivity contribution >= 4 is 5.97 Å². The zero-order valence-corrected chi connectivity index (χ0v) is 13.5. The molecule has 0 amide bonds. The van der Waals surface area contributed by atoms with Crippen LogP contribution in [0.2, 0.25) is 0 Å². The molecule has 0 unspecified atom stereocenters. The Morgan fingerprint density at radius 2 is 1.91 bits per heavy atom. The molecule has 0 bridgehead atoms. The molecule has 1 aromatic carbocycles. The molecule has 0 spiro atoms. The minimum absolute atomic E-state index is 0.277. The second-order valence-electron chi connectivity index (χ2n) is 6.33. The molecule has 2 rings (SSSR count). The van der Waals surface area contributed by atoms with Crippen molar-refractivity contribution in [2.75, 3.05) is 13.1 Å². The van der Waals surface area contributed by atoms with E-state index in [2.05, 4.69) is 5.32 Å². The van der Waals surface area contributed by atoms with Crippen LogP contribution in [-0.2, 0) is 11.2 Å². The van der Waals surface area contributed by atoms with Gasteiger partial charge in [0.15, 0.2) is 0 Å². The lowest BCUT2D eigenvalue weighted by Gasteiger charge is -2.26. The highest BCUT2D eigenvalue weighted by Gasteiger charge is 2.17. The lowest BCUT2D eigenvalue weighted by Crippen LogP contribution is -2.32. The van der Waals surface area contributed by atoms with Crippen molar-refractivity contribution in [3.8, 4) is 5.75 Å². The van der Waals surface area contributed by atoms with Gasteiger partial charge in [0.05, 0.1) is 0 Å². The Bertz CT molecular complexity index is 451. The molecular weight excluding hydrogens is 276 g/mol. The maximum atomic E-state index is 10.9. The van der Waals surface area contributed by atoms with Crippen LogP contribution in [0.5, 0.6) is 5.75 Å². The van der Waals surface area contributed by atoms with E-state index in [4.69, 9.17) is 10.5 Å². The molecule has 4 heteroatoms. The Morgan fingerprint density at radius 3 is 2.55 bits per heavy atom. The largest absolute Gasteiger partial charge is 0.427 e. The monoisotopic (exact) mass is 304 g/mol. The van der Waals surface area contributed by atoms with E-state index >= 15 is 0 Å². The molecule has 122 valence electrons. The summed E-state index contributed by atoms with van der Waals surface area (Å²) in [7, 11) is 0. The molecule has 1 fully saturated rings. The summed E-state index contributed by atoms with van der Waals surface area (Å²) in [5.41, 5.74) is 7.21. The van der Waals surface area contributed by atoms with Crippen molar-refractivity contribution in [3.05, 3.63) is 29.8 Å². The van der Waals surface area contributed by atoms with Gasteiger partial charge in [0, 0.05) is 13.0 Å². The highest BCUT2D eigenvalue weighted by Crippen LogP contribution is 2.22. The summed E-state index contributed by atoms with van der Waals surface area (Å²) in [6.45, 7) is 3.59. The maximum Gasteiger partial charge on any atom is 0.308 e. The first-order chi connectivity index (χ1) is 10.6. The second kappa shape index (κ2) is 8.91. The maximum absolute atomic E-state index is 10.9. The summed E-state index contributed by atoms with van der Waals surface area (Å²) < 4.78 is 5.03. The van der Waals surface area contributed by atoms with E-state index in [1.165, 1.54) is 38.2 Å². The fourth-order valence-electron chi connectivity index (χ4n) is 3.01. The predicted octanol–water partition coefficient (Wildman–Crippen LogP) is 2.65. The highest BCUT2D eigenvalue weighted by atomic mass is 16.5. The van der Waals surface area contributed by atoms with E-state index in [0.29, 0.717) is 11.8 Å². The van der Waals surface area contributed by atoms with Crippen LogP contribution < -0.4 is 15.8 Å². The predicted molar refractivity (Wildman–Crippen MR) is 88.9 cm³/mol. The van der Waals surface area contributed by atoms with Crippen LogP contribution in [0.15, 0.2) is 24.3 Å². The molecule has 0 aromatic heterocycles. The molecular formula is C18H28N2O2. The Labute approximate surface area is 133 Å². The van der Waals surface area contributed by atoms with E-state index in [1.807, 2.05) is 24.3 Å². The fourth-order valence-corrected chi connectivity index (χ4v) is 3.01. The van der Waals surface area contributed by atoms with Crippen molar-refractivity contribution < 1.29 is 9.53 Å².